The van der Waals surface area contributed by atoms with Crippen LogP contribution in [0.5, 0.6) is 0 Å². The van der Waals surface area contributed by atoms with Gasteiger partial charge in [0, 0.05) is 18.7 Å². The van der Waals surface area contributed by atoms with Gasteiger partial charge in [-0.3, -0.25) is 4.79 Å². The average Bonchev–Trinajstić information content (AvgIpc) is 2.73. The van der Waals surface area contributed by atoms with Crippen LogP contribution in [0.15, 0.2) is 18.2 Å². The molecule has 7 heteroatoms. The van der Waals surface area contributed by atoms with Crippen LogP contribution in [-0.4, -0.2) is 34.9 Å². The van der Waals surface area contributed by atoms with Crippen LogP contribution in [0.4, 0.5) is 5.69 Å². The number of fused-ring (bicyclic) bond motifs is 1. The lowest BCUT2D eigenvalue weighted by Crippen LogP contribution is -2.18. The second-order valence-corrected chi connectivity index (χ2v) is 3.43. The summed E-state index contributed by atoms with van der Waals surface area (Å²) in [5.41, 5.74) is 2.27. The maximum atomic E-state index is 11.5. The minimum atomic E-state index is -0.0165. The number of aromatic amines is 1. The highest BCUT2D eigenvalue weighted by molar-refractivity contribution is 5.92. The molecule has 0 saturated carbocycles. The number of hydrogen-bond acceptors (Lipinski definition) is 4. The lowest BCUT2D eigenvalue weighted by atomic mass is 10.2. The number of H-pyrrole nitrogens is 1. The fourth-order valence-electron chi connectivity index (χ4n) is 1.38. The van der Waals surface area contributed by atoms with Gasteiger partial charge < -0.3 is 10.6 Å². The van der Waals surface area contributed by atoms with Crippen molar-refractivity contribution < 1.29 is 4.79 Å². The van der Waals surface area contributed by atoms with E-state index >= 15 is 0 Å². The molecule has 92 valence electrons. The van der Waals surface area contributed by atoms with E-state index in [0.717, 1.165) is 16.7 Å². The van der Waals surface area contributed by atoms with Crippen LogP contribution in [0.3, 0.4) is 0 Å². The van der Waals surface area contributed by atoms with E-state index in [2.05, 4.69) is 26.0 Å². The fourth-order valence-corrected chi connectivity index (χ4v) is 1.38. The van der Waals surface area contributed by atoms with Crippen molar-refractivity contribution in [1.29, 1.82) is 0 Å². The topological polar surface area (TPSA) is 82.7 Å². The molecular formula is C10H14ClN5O. The molecule has 0 aliphatic rings. The predicted molar refractivity (Wildman–Crippen MR) is 68.3 cm³/mol. The highest BCUT2D eigenvalue weighted by Gasteiger charge is 2.03. The second-order valence-electron chi connectivity index (χ2n) is 3.43. The molecule has 6 nitrogen and oxygen atoms in total. The molecule has 2 aromatic rings. The summed E-state index contributed by atoms with van der Waals surface area (Å²) >= 11 is 0. The third kappa shape index (κ3) is 3.40. The Morgan fingerprint density at radius 1 is 1.35 bits per heavy atom. The fraction of sp³-hybridized carbons (Fsp3) is 0.300. The van der Waals surface area contributed by atoms with Crippen molar-refractivity contribution in [3.63, 3.8) is 0 Å². The number of amides is 1. The molecule has 0 fully saturated rings. The maximum absolute atomic E-state index is 11.5. The van der Waals surface area contributed by atoms with E-state index in [1.165, 1.54) is 0 Å². The summed E-state index contributed by atoms with van der Waals surface area (Å²) in [6, 6.07) is 5.41. The van der Waals surface area contributed by atoms with E-state index in [0.29, 0.717) is 13.0 Å². The monoisotopic (exact) mass is 255 g/mol. The largest absolute Gasteiger partial charge is 0.326 e. The lowest BCUT2D eigenvalue weighted by Gasteiger charge is -2.04. The van der Waals surface area contributed by atoms with Gasteiger partial charge in [-0.1, -0.05) is 0 Å². The molecule has 17 heavy (non-hydrogen) atoms. The van der Waals surface area contributed by atoms with Crippen LogP contribution in [0.25, 0.3) is 11.0 Å². The van der Waals surface area contributed by atoms with Gasteiger partial charge in [-0.2, -0.15) is 15.4 Å². The van der Waals surface area contributed by atoms with Crippen molar-refractivity contribution in [2.45, 2.75) is 6.42 Å². The molecule has 2 rings (SSSR count). The molecule has 0 unspecified atom stereocenters. The van der Waals surface area contributed by atoms with Crippen molar-refractivity contribution in [3.05, 3.63) is 18.2 Å². The lowest BCUT2D eigenvalue weighted by molar-refractivity contribution is -0.116. The molecule has 1 aromatic heterocycles. The van der Waals surface area contributed by atoms with Gasteiger partial charge in [0.2, 0.25) is 5.91 Å². The number of aromatic nitrogens is 3. The van der Waals surface area contributed by atoms with E-state index < -0.39 is 0 Å². The van der Waals surface area contributed by atoms with Crippen LogP contribution in [0.1, 0.15) is 6.42 Å². The average molecular weight is 256 g/mol. The van der Waals surface area contributed by atoms with Gasteiger partial charge in [-0.05, 0) is 25.2 Å². The summed E-state index contributed by atoms with van der Waals surface area (Å²) in [5, 5.41) is 16.1. The van der Waals surface area contributed by atoms with Gasteiger partial charge in [0.1, 0.15) is 11.0 Å². The van der Waals surface area contributed by atoms with Crippen LogP contribution >= 0.6 is 12.4 Å². The Morgan fingerprint density at radius 2 is 2.12 bits per heavy atom. The zero-order chi connectivity index (χ0) is 11.4. The number of carbonyl (C=O) groups excluding carboxylic acids is 1. The van der Waals surface area contributed by atoms with Crippen molar-refractivity contribution in [2.24, 2.45) is 0 Å². The smallest absolute Gasteiger partial charge is 0.225 e. The summed E-state index contributed by atoms with van der Waals surface area (Å²) in [4.78, 5) is 11.5. The zero-order valence-electron chi connectivity index (χ0n) is 9.36. The molecule has 0 bridgehead atoms. The first-order valence-corrected chi connectivity index (χ1v) is 5.04. The van der Waals surface area contributed by atoms with Gasteiger partial charge in [-0.15, -0.1) is 12.4 Å². The summed E-state index contributed by atoms with van der Waals surface area (Å²) in [5.74, 6) is -0.0165. The second kappa shape index (κ2) is 6.17. The van der Waals surface area contributed by atoms with E-state index in [9.17, 15) is 4.79 Å². The Hall–Kier alpha value is -1.66. The van der Waals surface area contributed by atoms with Crippen molar-refractivity contribution in [1.82, 2.24) is 20.7 Å². The number of benzene rings is 1. The van der Waals surface area contributed by atoms with Crippen molar-refractivity contribution in [2.75, 3.05) is 18.9 Å². The molecule has 0 aliphatic carbocycles. The molecule has 0 atom stereocenters. The normalized spacial score (nSPS) is 9.94. The Labute approximate surface area is 105 Å². The third-order valence-electron chi connectivity index (χ3n) is 2.20. The molecule has 0 spiro atoms. The molecule has 1 aromatic carbocycles. The Kier molecular flexibility index (Phi) is 4.86. The first-order valence-electron chi connectivity index (χ1n) is 5.04. The van der Waals surface area contributed by atoms with Crippen molar-refractivity contribution >= 4 is 35.0 Å². The van der Waals surface area contributed by atoms with Crippen LogP contribution in [0, 0.1) is 0 Å². The highest BCUT2D eigenvalue weighted by Crippen LogP contribution is 2.14. The Bertz CT molecular complexity index is 498. The number of nitrogens with one attached hydrogen (secondary N) is 3. The SMILES string of the molecule is CNCCC(=O)Nc1ccc2n[nH]nc2c1.Cl. The van der Waals surface area contributed by atoms with Gasteiger partial charge in [-0.25, -0.2) is 0 Å². The summed E-state index contributed by atoms with van der Waals surface area (Å²) in [6.45, 7) is 0.665. The molecule has 1 amide bonds. The van der Waals surface area contributed by atoms with E-state index in [-0.39, 0.29) is 18.3 Å². The first kappa shape index (κ1) is 13.4. The summed E-state index contributed by atoms with van der Waals surface area (Å²) < 4.78 is 0. The minimum Gasteiger partial charge on any atom is -0.326 e. The van der Waals surface area contributed by atoms with Gasteiger partial charge in [0.05, 0.1) is 0 Å². The number of anilines is 1. The molecule has 0 aliphatic heterocycles. The number of rotatable bonds is 4. The summed E-state index contributed by atoms with van der Waals surface area (Å²) in [6.07, 6.45) is 0.452. The van der Waals surface area contributed by atoms with Gasteiger partial charge >= 0.3 is 0 Å². The maximum Gasteiger partial charge on any atom is 0.225 e. The highest BCUT2D eigenvalue weighted by atomic mass is 35.5. The Morgan fingerprint density at radius 3 is 2.88 bits per heavy atom. The molecule has 0 saturated heterocycles. The number of carbonyl (C=O) groups is 1. The van der Waals surface area contributed by atoms with E-state index in [1.807, 2.05) is 19.2 Å². The molecule has 0 radical (unpaired) electrons. The van der Waals surface area contributed by atoms with Gasteiger partial charge in [0.15, 0.2) is 0 Å². The number of halogens is 1. The number of nitrogens with zero attached hydrogens (tertiary/aromatic N) is 2. The molecule has 1 heterocycles. The van der Waals surface area contributed by atoms with Crippen LogP contribution < -0.4 is 10.6 Å². The van der Waals surface area contributed by atoms with Gasteiger partial charge in [0.25, 0.3) is 0 Å². The zero-order valence-corrected chi connectivity index (χ0v) is 10.2. The van der Waals surface area contributed by atoms with E-state index in [1.54, 1.807) is 6.07 Å². The number of hydrogen-bond donors (Lipinski definition) is 3. The standard InChI is InChI=1S/C10H13N5O.ClH/c1-11-5-4-10(16)12-7-2-3-8-9(6-7)14-15-13-8;/h2-3,6,11H,4-5H2,1H3,(H,12,16)(H,13,14,15);1H. The van der Waals surface area contributed by atoms with E-state index in [4.69, 9.17) is 0 Å². The minimum absolute atomic E-state index is 0. The van der Waals surface area contributed by atoms with Crippen molar-refractivity contribution in [3.8, 4) is 0 Å². The molecular weight excluding hydrogens is 242 g/mol. The third-order valence-corrected chi connectivity index (χ3v) is 2.20. The predicted octanol–water partition coefficient (Wildman–Crippen LogP) is 0.928. The first-order chi connectivity index (χ1) is 7.79. The summed E-state index contributed by atoms with van der Waals surface area (Å²) in [7, 11) is 1.81. The molecule has 3 N–H and O–H groups in total. The quantitative estimate of drug-likeness (QED) is 0.759. The van der Waals surface area contributed by atoms with Crippen LogP contribution in [0.2, 0.25) is 0 Å². The Balaban J connectivity index is 0.00000144. The van der Waals surface area contributed by atoms with Crippen LogP contribution in [-0.2, 0) is 4.79 Å².